The molecule has 0 aromatic rings. The normalized spacial score (nSPS) is 47.6. The molecule has 3 fully saturated rings. The van der Waals surface area contributed by atoms with Crippen molar-refractivity contribution in [2.45, 2.75) is 38.1 Å². The summed E-state index contributed by atoms with van der Waals surface area (Å²) in [6, 6.07) is 0. The smallest absolute Gasteiger partial charge is 0.171 e. The van der Waals surface area contributed by atoms with Gasteiger partial charge in [0.15, 0.2) is 5.79 Å². The lowest BCUT2D eigenvalue weighted by Gasteiger charge is -2.28. The zero-order chi connectivity index (χ0) is 10.5. The van der Waals surface area contributed by atoms with E-state index in [1.165, 1.54) is 12.8 Å². The highest BCUT2D eigenvalue weighted by Crippen LogP contribution is 2.55. The molecule has 1 saturated heterocycles. The van der Waals surface area contributed by atoms with Gasteiger partial charge in [0.05, 0.1) is 19.3 Å². The van der Waals surface area contributed by atoms with Gasteiger partial charge in [0.1, 0.15) is 0 Å². The lowest BCUT2D eigenvalue weighted by Crippen LogP contribution is -2.35. The van der Waals surface area contributed by atoms with Crippen molar-refractivity contribution in [1.82, 2.24) is 0 Å². The number of hydrogen-bond donors (Lipinski definition) is 0. The zero-order valence-electron chi connectivity index (χ0n) is 9.57. The van der Waals surface area contributed by atoms with Crippen molar-refractivity contribution in [1.29, 1.82) is 0 Å². The average Bonchev–Trinajstić information content (AvgIpc) is 2.87. The van der Waals surface area contributed by atoms with Gasteiger partial charge >= 0.3 is 0 Å². The van der Waals surface area contributed by atoms with Crippen LogP contribution in [0.15, 0.2) is 0 Å². The molecule has 1 heterocycles. The summed E-state index contributed by atoms with van der Waals surface area (Å²) in [5.74, 6) is 1.64. The fourth-order valence-corrected chi connectivity index (χ4v) is 4.02. The molecule has 0 aromatic heterocycles. The minimum Gasteiger partial charge on any atom is -0.381 e. The van der Waals surface area contributed by atoms with Gasteiger partial charge in [-0.15, -0.1) is 0 Å². The molecule has 0 unspecified atom stereocenters. The van der Waals surface area contributed by atoms with E-state index >= 15 is 0 Å². The fourth-order valence-electron chi connectivity index (χ4n) is 4.02. The van der Waals surface area contributed by atoms with E-state index in [1.54, 1.807) is 0 Å². The zero-order valence-corrected chi connectivity index (χ0v) is 9.57. The van der Waals surface area contributed by atoms with Crippen molar-refractivity contribution in [3.05, 3.63) is 0 Å². The Kier molecular flexibility index (Phi) is 2.31. The van der Waals surface area contributed by atoms with Gasteiger partial charge in [0.25, 0.3) is 0 Å². The minimum atomic E-state index is -0.230. The van der Waals surface area contributed by atoms with Gasteiger partial charge in [-0.25, -0.2) is 0 Å². The molecule has 0 N–H and O–H groups in total. The van der Waals surface area contributed by atoms with Gasteiger partial charge in [0.2, 0.25) is 0 Å². The lowest BCUT2D eigenvalue weighted by atomic mass is 9.96. The van der Waals surface area contributed by atoms with E-state index in [4.69, 9.17) is 14.2 Å². The summed E-state index contributed by atoms with van der Waals surface area (Å²) >= 11 is 0. The predicted molar refractivity (Wildman–Crippen MR) is 55.4 cm³/mol. The SMILES string of the molecule is CO[C@@H]1[C@H]2CCC3(OCCO3)[C@H]2C[C@H]1C. The van der Waals surface area contributed by atoms with Crippen LogP contribution in [0.5, 0.6) is 0 Å². The number of rotatable bonds is 1. The standard InChI is InChI=1S/C12H20O3/c1-8-7-10-9(11(8)13-2)3-4-12(10)14-5-6-15-12/h8-11H,3-7H2,1-2H3/t8-,9+,10+,11+/m1/s1. The first-order chi connectivity index (χ1) is 7.27. The van der Waals surface area contributed by atoms with Gasteiger partial charge in [-0.05, 0) is 24.7 Å². The van der Waals surface area contributed by atoms with Crippen LogP contribution in [0, 0.1) is 17.8 Å². The van der Waals surface area contributed by atoms with E-state index in [2.05, 4.69) is 6.92 Å². The number of fused-ring (bicyclic) bond motifs is 2. The van der Waals surface area contributed by atoms with Crippen molar-refractivity contribution in [2.24, 2.45) is 17.8 Å². The minimum absolute atomic E-state index is 0.230. The predicted octanol–water partition coefficient (Wildman–Crippen LogP) is 1.81. The van der Waals surface area contributed by atoms with Crippen molar-refractivity contribution in [2.75, 3.05) is 20.3 Å². The van der Waals surface area contributed by atoms with E-state index < -0.39 is 0 Å². The van der Waals surface area contributed by atoms with E-state index in [0.29, 0.717) is 23.9 Å². The summed E-state index contributed by atoms with van der Waals surface area (Å²) in [4.78, 5) is 0. The third-order valence-electron chi connectivity index (χ3n) is 4.56. The van der Waals surface area contributed by atoms with Gasteiger partial charge in [-0.3, -0.25) is 0 Å². The molecular weight excluding hydrogens is 192 g/mol. The van der Waals surface area contributed by atoms with Crippen LogP contribution >= 0.6 is 0 Å². The summed E-state index contributed by atoms with van der Waals surface area (Å²) in [5, 5.41) is 0. The number of hydrogen-bond acceptors (Lipinski definition) is 3. The molecule has 2 saturated carbocycles. The maximum atomic E-state index is 5.88. The molecule has 15 heavy (non-hydrogen) atoms. The van der Waals surface area contributed by atoms with Crippen molar-refractivity contribution >= 4 is 0 Å². The van der Waals surface area contributed by atoms with Crippen LogP contribution in [0.1, 0.15) is 26.2 Å². The second-order valence-corrected chi connectivity index (χ2v) is 5.23. The van der Waals surface area contributed by atoms with Crippen LogP contribution in [0.3, 0.4) is 0 Å². The first-order valence-corrected chi connectivity index (χ1v) is 6.07. The highest BCUT2D eigenvalue weighted by molar-refractivity contribution is 5.03. The Labute approximate surface area is 91.1 Å². The third-order valence-corrected chi connectivity index (χ3v) is 4.56. The molecular formula is C12H20O3. The lowest BCUT2D eigenvalue weighted by molar-refractivity contribution is -0.184. The maximum absolute atomic E-state index is 5.88. The van der Waals surface area contributed by atoms with Crippen LogP contribution in [0.4, 0.5) is 0 Å². The Hall–Kier alpha value is -0.120. The monoisotopic (exact) mass is 212 g/mol. The highest BCUT2D eigenvalue weighted by Gasteiger charge is 2.59. The van der Waals surface area contributed by atoms with E-state index in [1.807, 2.05) is 7.11 Å². The molecule has 2 aliphatic carbocycles. The summed E-state index contributed by atoms with van der Waals surface area (Å²) in [6.45, 7) is 3.83. The average molecular weight is 212 g/mol. The molecule has 1 aliphatic heterocycles. The molecule has 3 rings (SSSR count). The first kappa shape index (κ1) is 10.1. The van der Waals surface area contributed by atoms with Crippen molar-refractivity contribution < 1.29 is 14.2 Å². The van der Waals surface area contributed by atoms with E-state index in [0.717, 1.165) is 19.6 Å². The van der Waals surface area contributed by atoms with Gasteiger partial charge in [-0.1, -0.05) is 6.92 Å². The van der Waals surface area contributed by atoms with Crippen molar-refractivity contribution in [3.63, 3.8) is 0 Å². The quantitative estimate of drug-likeness (QED) is 0.663. The van der Waals surface area contributed by atoms with Crippen LogP contribution in [0.2, 0.25) is 0 Å². The van der Waals surface area contributed by atoms with E-state index in [-0.39, 0.29) is 5.79 Å². The fraction of sp³-hybridized carbons (Fsp3) is 1.00. The summed E-state index contributed by atoms with van der Waals surface area (Å²) in [5.41, 5.74) is 0. The molecule has 0 amide bonds. The van der Waals surface area contributed by atoms with Crippen LogP contribution < -0.4 is 0 Å². The summed E-state index contributed by atoms with van der Waals surface area (Å²) in [6.07, 6.45) is 3.88. The molecule has 3 aliphatic rings. The number of methoxy groups -OCH3 is 1. The van der Waals surface area contributed by atoms with Crippen molar-refractivity contribution in [3.8, 4) is 0 Å². The number of ether oxygens (including phenoxy) is 3. The highest BCUT2D eigenvalue weighted by atomic mass is 16.7. The van der Waals surface area contributed by atoms with Gasteiger partial charge < -0.3 is 14.2 Å². The van der Waals surface area contributed by atoms with Crippen LogP contribution in [-0.4, -0.2) is 32.2 Å². The second-order valence-electron chi connectivity index (χ2n) is 5.23. The second kappa shape index (κ2) is 3.44. The Morgan fingerprint density at radius 1 is 1.27 bits per heavy atom. The molecule has 3 nitrogen and oxygen atoms in total. The molecule has 4 atom stereocenters. The maximum Gasteiger partial charge on any atom is 0.171 e. The Morgan fingerprint density at radius 2 is 2.00 bits per heavy atom. The Morgan fingerprint density at radius 3 is 2.67 bits per heavy atom. The summed E-state index contributed by atoms with van der Waals surface area (Å²) in [7, 11) is 1.84. The molecule has 3 heteroatoms. The van der Waals surface area contributed by atoms with Gasteiger partial charge in [-0.2, -0.15) is 0 Å². The van der Waals surface area contributed by atoms with Crippen LogP contribution in [0.25, 0.3) is 0 Å². The molecule has 0 radical (unpaired) electrons. The molecule has 1 spiro atoms. The topological polar surface area (TPSA) is 27.7 Å². The van der Waals surface area contributed by atoms with E-state index in [9.17, 15) is 0 Å². The third kappa shape index (κ3) is 1.30. The summed E-state index contributed by atoms with van der Waals surface area (Å²) < 4.78 is 17.4. The Bertz CT molecular complexity index is 247. The first-order valence-electron chi connectivity index (χ1n) is 6.07. The largest absolute Gasteiger partial charge is 0.381 e. The van der Waals surface area contributed by atoms with Crippen LogP contribution in [-0.2, 0) is 14.2 Å². The molecule has 0 aromatic carbocycles. The van der Waals surface area contributed by atoms with Gasteiger partial charge in [0, 0.05) is 19.4 Å². The Balaban J connectivity index is 1.83. The molecule has 0 bridgehead atoms. The molecule has 86 valence electrons.